The number of halogens is 2. The fourth-order valence-electron chi connectivity index (χ4n) is 1.51. The molecule has 0 heterocycles. The summed E-state index contributed by atoms with van der Waals surface area (Å²) in [6.45, 7) is 4.11. The summed E-state index contributed by atoms with van der Waals surface area (Å²) >= 11 is 12.0. The number of rotatable bonds is 3. The zero-order chi connectivity index (χ0) is 10.8. The van der Waals surface area contributed by atoms with Gasteiger partial charge in [0.05, 0.1) is 0 Å². The number of hydrogen-bond donors (Lipinski definition) is 1. The maximum atomic E-state index is 6.24. The van der Waals surface area contributed by atoms with Crippen LogP contribution in [0.2, 0.25) is 10.0 Å². The highest BCUT2D eigenvalue weighted by molar-refractivity contribution is 6.33. The first kappa shape index (κ1) is 11.8. The van der Waals surface area contributed by atoms with Gasteiger partial charge in [0, 0.05) is 15.6 Å². The van der Waals surface area contributed by atoms with Crippen molar-refractivity contribution in [3.05, 3.63) is 33.8 Å². The van der Waals surface area contributed by atoms with Crippen LogP contribution in [0.3, 0.4) is 0 Å². The molecule has 78 valence electrons. The van der Waals surface area contributed by atoms with E-state index >= 15 is 0 Å². The van der Waals surface area contributed by atoms with Crippen LogP contribution in [-0.4, -0.2) is 0 Å². The smallest absolute Gasteiger partial charge is 0.0457 e. The summed E-state index contributed by atoms with van der Waals surface area (Å²) in [6, 6.07) is 5.43. The van der Waals surface area contributed by atoms with E-state index in [4.69, 9.17) is 28.9 Å². The molecule has 0 aliphatic rings. The first-order valence-electron chi connectivity index (χ1n) is 4.78. The van der Waals surface area contributed by atoms with Gasteiger partial charge in [-0.3, -0.25) is 0 Å². The topological polar surface area (TPSA) is 26.0 Å². The van der Waals surface area contributed by atoms with Crippen molar-refractivity contribution in [3.63, 3.8) is 0 Å². The first-order chi connectivity index (χ1) is 6.53. The monoisotopic (exact) mass is 231 g/mol. The molecule has 0 atom stereocenters. The molecule has 0 bridgehead atoms. The molecule has 0 amide bonds. The van der Waals surface area contributed by atoms with Crippen molar-refractivity contribution in [2.45, 2.75) is 32.2 Å². The molecule has 2 N–H and O–H groups in total. The van der Waals surface area contributed by atoms with Gasteiger partial charge in [0.25, 0.3) is 0 Å². The van der Waals surface area contributed by atoms with Crippen LogP contribution in [0.4, 0.5) is 0 Å². The lowest BCUT2D eigenvalue weighted by Crippen LogP contribution is -2.35. The number of benzene rings is 1. The highest BCUT2D eigenvalue weighted by Crippen LogP contribution is 2.33. The predicted octanol–water partition coefficient (Wildman–Crippen LogP) is 3.97. The summed E-state index contributed by atoms with van der Waals surface area (Å²) in [6.07, 6.45) is 1.70. The Labute approximate surface area is 95.2 Å². The molecule has 1 aromatic carbocycles. The van der Waals surface area contributed by atoms with Gasteiger partial charge in [0.15, 0.2) is 0 Å². The van der Waals surface area contributed by atoms with Crippen LogP contribution in [0, 0.1) is 0 Å². The minimum atomic E-state index is -0.359. The second kappa shape index (κ2) is 4.52. The van der Waals surface area contributed by atoms with Crippen LogP contribution in [0.5, 0.6) is 0 Å². The molecule has 1 nitrogen and oxygen atoms in total. The molecule has 0 spiro atoms. The molecule has 0 aliphatic heterocycles. The van der Waals surface area contributed by atoms with Crippen molar-refractivity contribution in [1.82, 2.24) is 0 Å². The lowest BCUT2D eigenvalue weighted by molar-refractivity contribution is 0.413. The molecule has 0 aromatic heterocycles. The molecule has 0 unspecified atom stereocenters. The molecule has 1 rings (SSSR count). The van der Waals surface area contributed by atoms with Gasteiger partial charge in [-0.15, -0.1) is 0 Å². The normalized spacial score (nSPS) is 11.8. The van der Waals surface area contributed by atoms with Gasteiger partial charge < -0.3 is 5.73 Å². The molecule has 0 radical (unpaired) electrons. The molecule has 0 aliphatic carbocycles. The van der Waals surface area contributed by atoms with Crippen molar-refractivity contribution in [2.75, 3.05) is 0 Å². The Bertz CT molecular complexity index is 319. The van der Waals surface area contributed by atoms with E-state index < -0.39 is 0 Å². The largest absolute Gasteiger partial charge is 0.321 e. The summed E-state index contributed by atoms with van der Waals surface area (Å²) in [7, 11) is 0. The molecular formula is C11H15Cl2N. The molecule has 1 aromatic rings. The Balaban J connectivity index is 3.22. The molecule has 3 heteroatoms. The molecule has 0 fully saturated rings. The highest BCUT2D eigenvalue weighted by atomic mass is 35.5. The van der Waals surface area contributed by atoms with Gasteiger partial charge in [-0.2, -0.15) is 0 Å². The summed E-state index contributed by atoms with van der Waals surface area (Å²) in [5, 5.41) is 1.38. The second-order valence-corrected chi connectivity index (χ2v) is 4.33. The Kier molecular flexibility index (Phi) is 3.82. The van der Waals surface area contributed by atoms with E-state index in [0.717, 1.165) is 18.4 Å². The van der Waals surface area contributed by atoms with Crippen molar-refractivity contribution in [3.8, 4) is 0 Å². The van der Waals surface area contributed by atoms with E-state index in [-0.39, 0.29) is 5.54 Å². The standard InChI is InChI=1S/C11H15Cl2N/c1-3-11(14,4-2)9-7-8(12)5-6-10(9)13/h5-7H,3-4,14H2,1-2H3. The van der Waals surface area contributed by atoms with Crippen molar-refractivity contribution < 1.29 is 0 Å². The van der Waals surface area contributed by atoms with Gasteiger partial charge >= 0.3 is 0 Å². The second-order valence-electron chi connectivity index (χ2n) is 3.49. The maximum Gasteiger partial charge on any atom is 0.0457 e. The minimum Gasteiger partial charge on any atom is -0.321 e. The van der Waals surface area contributed by atoms with Gasteiger partial charge in [0.1, 0.15) is 0 Å². The SMILES string of the molecule is CCC(N)(CC)c1cc(Cl)ccc1Cl. The summed E-state index contributed by atoms with van der Waals surface area (Å²) in [5.41, 5.74) is 6.83. The molecular weight excluding hydrogens is 217 g/mol. The van der Waals surface area contributed by atoms with Crippen LogP contribution in [0.1, 0.15) is 32.3 Å². The number of nitrogens with two attached hydrogens (primary N) is 1. The van der Waals surface area contributed by atoms with E-state index in [1.54, 1.807) is 12.1 Å². The van der Waals surface area contributed by atoms with Crippen LogP contribution in [0.15, 0.2) is 18.2 Å². The van der Waals surface area contributed by atoms with E-state index in [0.29, 0.717) is 10.0 Å². The Morgan fingerprint density at radius 3 is 2.29 bits per heavy atom. The third-order valence-electron chi connectivity index (χ3n) is 2.73. The Morgan fingerprint density at radius 1 is 1.21 bits per heavy atom. The predicted molar refractivity (Wildman–Crippen MR) is 62.9 cm³/mol. The lowest BCUT2D eigenvalue weighted by atomic mass is 9.86. The fraction of sp³-hybridized carbons (Fsp3) is 0.455. The van der Waals surface area contributed by atoms with Crippen LogP contribution in [-0.2, 0) is 5.54 Å². The molecule has 0 saturated heterocycles. The van der Waals surface area contributed by atoms with E-state index in [2.05, 4.69) is 13.8 Å². The van der Waals surface area contributed by atoms with Crippen molar-refractivity contribution >= 4 is 23.2 Å². The Hall–Kier alpha value is -0.240. The molecule has 0 saturated carbocycles. The van der Waals surface area contributed by atoms with Crippen LogP contribution < -0.4 is 5.73 Å². The van der Waals surface area contributed by atoms with Crippen molar-refractivity contribution in [2.24, 2.45) is 5.73 Å². The zero-order valence-electron chi connectivity index (χ0n) is 8.48. The Morgan fingerprint density at radius 2 is 1.79 bits per heavy atom. The average Bonchev–Trinajstić information content (AvgIpc) is 2.20. The van der Waals surface area contributed by atoms with E-state index in [9.17, 15) is 0 Å². The lowest BCUT2D eigenvalue weighted by Gasteiger charge is -2.28. The minimum absolute atomic E-state index is 0.359. The summed E-state index contributed by atoms with van der Waals surface area (Å²) in [4.78, 5) is 0. The molecule has 14 heavy (non-hydrogen) atoms. The first-order valence-corrected chi connectivity index (χ1v) is 5.53. The third-order valence-corrected chi connectivity index (χ3v) is 3.29. The van der Waals surface area contributed by atoms with Gasteiger partial charge in [-0.05, 0) is 36.6 Å². The van der Waals surface area contributed by atoms with Crippen LogP contribution >= 0.6 is 23.2 Å². The number of hydrogen-bond acceptors (Lipinski definition) is 1. The van der Waals surface area contributed by atoms with E-state index in [1.165, 1.54) is 0 Å². The third kappa shape index (κ3) is 2.22. The van der Waals surface area contributed by atoms with Crippen LogP contribution in [0.25, 0.3) is 0 Å². The highest BCUT2D eigenvalue weighted by Gasteiger charge is 2.25. The van der Waals surface area contributed by atoms with Crippen molar-refractivity contribution in [1.29, 1.82) is 0 Å². The van der Waals surface area contributed by atoms with E-state index in [1.807, 2.05) is 6.07 Å². The van der Waals surface area contributed by atoms with Gasteiger partial charge in [-0.25, -0.2) is 0 Å². The van der Waals surface area contributed by atoms with Gasteiger partial charge in [0.2, 0.25) is 0 Å². The average molecular weight is 232 g/mol. The zero-order valence-corrected chi connectivity index (χ0v) is 9.99. The van der Waals surface area contributed by atoms with Gasteiger partial charge in [-0.1, -0.05) is 37.0 Å². The maximum absolute atomic E-state index is 6.24. The quantitative estimate of drug-likeness (QED) is 0.838. The summed E-state index contributed by atoms with van der Waals surface area (Å²) in [5.74, 6) is 0. The fourth-order valence-corrected chi connectivity index (χ4v) is 1.99. The summed E-state index contributed by atoms with van der Waals surface area (Å²) < 4.78 is 0.